The predicted octanol–water partition coefficient (Wildman–Crippen LogP) is 1.71. The normalized spacial score (nSPS) is 10.6. The number of hydrogen-bond acceptors (Lipinski definition) is 3. The Morgan fingerprint density at radius 3 is 3.21 bits per heavy atom. The van der Waals surface area contributed by atoms with Gasteiger partial charge in [0.1, 0.15) is 0 Å². The summed E-state index contributed by atoms with van der Waals surface area (Å²) in [4.78, 5) is 5.36. The van der Waals surface area contributed by atoms with Gasteiger partial charge in [0.2, 0.25) is 0 Å². The summed E-state index contributed by atoms with van der Waals surface area (Å²) in [5, 5.41) is 3.16. The van der Waals surface area contributed by atoms with E-state index in [1.165, 1.54) is 10.6 Å². The van der Waals surface area contributed by atoms with Crippen LogP contribution in [0.2, 0.25) is 0 Å². The fraction of sp³-hybridized carbons (Fsp3) is 0.300. The molecule has 0 aromatic carbocycles. The highest BCUT2D eigenvalue weighted by Gasteiger charge is 2.01. The van der Waals surface area contributed by atoms with Gasteiger partial charge in [0.25, 0.3) is 0 Å². The molecule has 2 aromatic rings. The largest absolute Gasteiger partial charge is 0.345 e. The molecule has 14 heavy (non-hydrogen) atoms. The second kappa shape index (κ2) is 4.39. The van der Waals surface area contributed by atoms with Crippen LogP contribution in [0.5, 0.6) is 0 Å². The molecule has 0 unspecified atom stereocenters. The fourth-order valence-corrected chi connectivity index (χ4v) is 2.03. The minimum absolute atomic E-state index is 0.909. The van der Waals surface area contributed by atoms with E-state index in [2.05, 4.69) is 33.2 Å². The Balaban J connectivity index is 2.12. The maximum atomic E-state index is 4.07. The van der Waals surface area contributed by atoms with Gasteiger partial charge in [0.05, 0.1) is 12.1 Å². The molecule has 0 fully saturated rings. The van der Waals surface area contributed by atoms with Gasteiger partial charge >= 0.3 is 0 Å². The first-order valence-electron chi connectivity index (χ1n) is 4.56. The Labute approximate surface area is 87.4 Å². The van der Waals surface area contributed by atoms with E-state index in [-0.39, 0.29) is 0 Å². The van der Waals surface area contributed by atoms with Crippen molar-refractivity contribution < 1.29 is 0 Å². The highest BCUT2D eigenvalue weighted by molar-refractivity contribution is 7.09. The lowest BCUT2D eigenvalue weighted by Gasteiger charge is -2.06. The van der Waals surface area contributed by atoms with Gasteiger partial charge in [0.15, 0.2) is 0 Å². The maximum Gasteiger partial charge on any atom is 0.0794 e. The van der Waals surface area contributed by atoms with Crippen LogP contribution >= 0.6 is 11.3 Å². The molecule has 0 spiro atoms. The first kappa shape index (κ1) is 9.43. The minimum atomic E-state index is 0.909. The maximum absolute atomic E-state index is 4.07. The van der Waals surface area contributed by atoms with E-state index >= 15 is 0 Å². The standard InChI is InChI=1S/C10H13N3S/c1-11-5-9-3-2-4-13(9)7-10-6-12-8-14-10/h2-4,6,8,11H,5,7H2,1H3. The summed E-state index contributed by atoms with van der Waals surface area (Å²) >= 11 is 1.70. The van der Waals surface area contributed by atoms with Gasteiger partial charge in [-0.3, -0.25) is 4.98 Å². The molecule has 0 atom stereocenters. The molecule has 2 rings (SSSR count). The number of thiazole rings is 1. The molecule has 74 valence electrons. The first-order chi connectivity index (χ1) is 6.90. The van der Waals surface area contributed by atoms with Crippen molar-refractivity contribution in [2.75, 3.05) is 7.05 Å². The average Bonchev–Trinajstić information content (AvgIpc) is 2.80. The summed E-state index contributed by atoms with van der Waals surface area (Å²) < 4.78 is 2.24. The molecular formula is C10H13N3S. The minimum Gasteiger partial charge on any atom is -0.345 e. The lowest BCUT2D eigenvalue weighted by atomic mass is 10.4. The van der Waals surface area contributed by atoms with Crippen LogP contribution in [0.25, 0.3) is 0 Å². The third-order valence-corrected chi connectivity index (χ3v) is 2.86. The second-order valence-corrected chi connectivity index (χ2v) is 4.10. The Hall–Kier alpha value is -1.13. The summed E-state index contributed by atoms with van der Waals surface area (Å²) in [6.07, 6.45) is 4.03. The van der Waals surface area contributed by atoms with Crippen molar-refractivity contribution in [2.45, 2.75) is 13.1 Å². The van der Waals surface area contributed by atoms with Crippen LogP contribution in [0, 0.1) is 0 Å². The monoisotopic (exact) mass is 207 g/mol. The van der Waals surface area contributed by atoms with Crippen molar-refractivity contribution in [1.82, 2.24) is 14.9 Å². The second-order valence-electron chi connectivity index (χ2n) is 3.13. The van der Waals surface area contributed by atoms with Crippen LogP contribution in [0.4, 0.5) is 0 Å². The SMILES string of the molecule is CNCc1cccn1Cc1cncs1. The van der Waals surface area contributed by atoms with Crippen molar-refractivity contribution in [2.24, 2.45) is 0 Å². The Bertz CT molecular complexity index is 378. The van der Waals surface area contributed by atoms with Crippen LogP contribution in [0.15, 0.2) is 30.0 Å². The van der Waals surface area contributed by atoms with Crippen molar-refractivity contribution in [3.05, 3.63) is 40.6 Å². The van der Waals surface area contributed by atoms with Crippen molar-refractivity contribution >= 4 is 11.3 Å². The van der Waals surface area contributed by atoms with Crippen LogP contribution in [-0.4, -0.2) is 16.6 Å². The van der Waals surface area contributed by atoms with Crippen LogP contribution < -0.4 is 5.32 Å². The number of nitrogens with one attached hydrogen (secondary N) is 1. The number of nitrogens with zero attached hydrogens (tertiary/aromatic N) is 2. The lowest BCUT2D eigenvalue weighted by Crippen LogP contribution is -2.10. The molecule has 2 heterocycles. The third kappa shape index (κ3) is 2.02. The Kier molecular flexibility index (Phi) is 2.96. The molecule has 0 aliphatic rings. The summed E-state index contributed by atoms with van der Waals surface area (Å²) in [6.45, 7) is 1.83. The van der Waals surface area contributed by atoms with E-state index in [4.69, 9.17) is 0 Å². The molecule has 4 heteroatoms. The number of rotatable bonds is 4. The smallest absolute Gasteiger partial charge is 0.0794 e. The molecule has 3 nitrogen and oxygen atoms in total. The fourth-order valence-electron chi connectivity index (χ4n) is 1.43. The predicted molar refractivity (Wildman–Crippen MR) is 58.4 cm³/mol. The van der Waals surface area contributed by atoms with E-state index in [0.717, 1.165) is 13.1 Å². The van der Waals surface area contributed by atoms with Gasteiger partial charge in [-0.05, 0) is 19.2 Å². The van der Waals surface area contributed by atoms with E-state index in [0.29, 0.717) is 0 Å². The van der Waals surface area contributed by atoms with Crippen LogP contribution in [0.1, 0.15) is 10.6 Å². The molecule has 0 aliphatic carbocycles. The lowest BCUT2D eigenvalue weighted by molar-refractivity contribution is 0.698. The van der Waals surface area contributed by atoms with E-state index in [1.807, 2.05) is 18.8 Å². The van der Waals surface area contributed by atoms with Gasteiger partial charge in [-0.2, -0.15) is 0 Å². The Morgan fingerprint density at radius 2 is 2.50 bits per heavy atom. The number of hydrogen-bond donors (Lipinski definition) is 1. The molecule has 0 amide bonds. The molecular weight excluding hydrogens is 194 g/mol. The average molecular weight is 207 g/mol. The zero-order valence-electron chi connectivity index (χ0n) is 8.10. The van der Waals surface area contributed by atoms with E-state index in [1.54, 1.807) is 11.3 Å². The molecule has 0 bridgehead atoms. The first-order valence-corrected chi connectivity index (χ1v) is 5.44. The quantitative estimate of drug-likeness (QED) is 0.827. The molecule has 0 radical (unpaired) electrons. The molecule has 0 saturated carbocycles. The highest BCUT2D eigenvalue weighted by Crippen LogP contribution is 2.10. The molecule has 0 saturated heterocycles. The van der Waals surface area contributed by atoms with E-state index in [9.17, 15) is 0 Å². The number of aromatic nitrogens is 2. The van der Waals surface area contributed by atoms with Gasteiger partial charge in [-0.25, -0.2) is 0 Å². The van der Waals surface area contributed by atoms with Gasteiger partial charge in [0, 0.05) is 29.5 Å². The van der Waals surface area contributed by atoms with Gasteiger partial charge in [-0.15, -0.1) is 11.3 Å². The summed E-state index contributed by atoms with van der Waals surface area (Å²) in [7, 11) is 1.96. The molecule has 2 aromatic heterocycles. The molecule has 1 N–H and O–H groups in total. The molecule has 0 aliphatic heterocycles. The van der Waals surface area contributed by atoms with E-state index < -0.39 is 0 Å². The van der Waals surface area contributed by atoms with Gasteiger partial charge in [-0.1, -0.05) is 0 Å². The van der Waals surface area contributed by atoms with Crippen molar-refractivity contribution in [1.29, 1.82) is 0 Å². The van der Waals surface area contributed by atoms with Gasteiger partial charge < -0.3 is 9.88 Å². The topological polar surface area (TPSA) is 29.9 Å². The highest BCUT2D eigenvalue weighted by atomic mass is 32.1. The zero-order chi connectivity index (χ0) is 9.80. The third-order valence-electron chi connectivity index (χ3n) is 2.09. The summed E-state index contributed by atoms with van der Waals surface area (Å²) in [5.74, 6) is 0. The van der Waals surface area contributed by atoms with Crippen molar-refractivity contribution in [3.63, 3.8) is 0 Å². The zero-order valence-corrected chi connectivity index (χ0v) is 8.92. The summed E-state index contributed by atoms with van der Waals surface area (Å²) in [5.41, 5.74) is 3.18. The van der Waals surface area contributed by atoms with Crippen LogP contribution in [0.3, 0.4) is 0 Å². The summed E-state index contributed by atoms with van der Waals surface area (Å²) in [6, 6.07) is 4.21. The Morgan fingerprint density at radius 1 is 1.57 bits per heavy atom. The van der Waals surface area contributed by atoms with Crippen LogP contribution in [-0.2, 0) is 13.1 Å². The van der Waals surface area contributed by atoms with Crippen molar-refractivity contribution in [3.8, 4) is 0 Å².